The summed E-state index contributed by atoms with van der Waals surface area (Å²) < 4.78 is 0. The van der Waals surface area contributed by atoms with E-state index in [1.807, 2.05) is 12.1 Å². The van der Waals surface area contributed by atoms with Crippen molar-refractivity contribution >= 4 is 46.3 Å². The average Bonchev–Trinajstić information content (AvgIpc) is 2.69. The maximum Gasteiger partial charge on any atom is 0.0461 e. The second-order valence-electron chi connectivity index (χ2n) is 2.98. The largest absolute Gasteiger partial charge is 0.151 e. The van der Waals surface area contributed by atoms with Gasteiger partial charge in [-0.25, -0.2) is 0 Å². The van der Waals surface area contributed by atoms with Crippen LogP contribution in [0, 0.1) is 0 Å². The Labute approximate surface area is 107 Å². The van der Waals surface area contributed by atoms with Crippen molar-refractivity contribution in [3.63, 3.8) is 0 Å². The van der Waals surface area contributed by atoms with E-state index in [9.17, 15) is 0 Å². The molecule has 0 fully saturated rings. The van der Waals surface area contributed by atoms with E-state index >= 15 is 0 Å². The van der Waals surface area contributed by atoms with E-state index in [0.29, 0.717) is 5.02 Å². The van der Waals surface area contributed by atoms with Gasteiger partial charge in [0.15, 0.2) is 0 Å². The lowest BCUT2D eigenvalue weighted by atomic mass is 10.2. The molecule has 1 aromatic heterocycles. The molecule has 0 saturated heterocycles. The van der Waals surface area contributed by atoms with Gasteiger partial charge < -0.3 is 0 Å². The van der Waals surface area contributed by atoms with Gasteiger partial charge in [-0.15, -0.1) is 11.8 Å². The fourth-order valence-corrected chi connectivity index (χ4v) is 3.47. The second-order valence-corrected chi connectivity index (χ2v) is 5.66. The van der Waals surface area contributed by atoms with Crippen LogP contribution < -0.4 is 0 Å². The number of hydrogen-bond donors (Lipinski definition) is 0. The maximum absolute atomic E-state index is 6.07. The topological polar surface area (TPSA) is 0 Å². The van der Waals surface area contributed by atoms with Crippen molar-refractivity contribution < 1.29 is 0 Å². The maximum atomic E-state index is 6.07. The van der Waals surface area contributed by atoms with Crippen LogP contribution in [-0.4, -0.2) is 0 Å². The summed E-state index contributed by atoms with van der Waals surface area (Å²) in [6.07, 6.45) is 0. The summed E-state index contributed by atoms with van der Waals surface area (Å²) in [5, 5.41) is 5.63. The van der Waals surface area contributed by atoms with Crippen LogP contribution in [0.25, 0.3) is 0 Å². The second kappa shape index (κ2) is 5.26. The zero-order valence-corrected chi connectivity index (χ0v) is 10.9. The first-order chi connectivity index (χ1) is 7.25. The molecule has 0 nitrogen and oxygen atoms in total. The van der Waals surface area contributed by atoms with Crippen molar-refractivity contribution in [3.8, 4) is 0 Å². The highest BCUT2D eigenvalue weighted by molar-refractivity contribution is 7.98. The Kier molecular flexibility index (Phi) is 3.98. The molecule has 0 aliphatic heterocycles. The minimum Gasteiger partial charge on any atom is -0.151 e. The van der Waals surface area contributed by atoms with Crippen molar-refractivity contribution in [2.75, 3.05) is 0 Å². The number of thioether (sulfide) groups is 1. The zero-order chi connectivity index (χ0) is 10.7. The highest BCUT2D eigenvalue weighted by Gasteiger charge is 2.02. The highest BCUT2D eigenvalue weighted by Crippen LogP contribution is 2.29. The summed E-state index contributed by atoms with van der Waals surface area (Å²) >= 11 is 15.4. The number of hydrogen-bond acceptors (Lipinski definition) is 2. The van der Waals surface area contributed by atoms with Gasteiger partial charge in [-0.2, -0.15) is 11.3 Å². The van der Waals surface area contributed by atoms with Gasteiger partial charge in [0.2, 0.25) is 0 Å². The summed E-state index contributed by atoms with van der Waals surface area (Å²) in [7, 11) is 0. The van der Waals surface area contributed by atoms with Crippen LogP contribution >= 0.6 is 46.3 Å². The summed E-state index contributed by atoms with van der Waals surface area (Å²) in [5.41, 5.74) is 1.12. The van der Waals surface area contributed by atoms with E-state index < -0.39 is 0 Å². The molecule has 78 valence electrons. The Bertz CT molecular complexity index is 438. The highest BCUT2D eigenvalue weighted by atomic mass is 35.5. The molecule has 0 N–H and O–H groups in total. The van der Waals surface area contributed by atoms with Crippen LogP contribution in [0.5, 0.6) is 0 Å². The summed E-state index contributed by atoms with van der Waals surface area (Å²) in [5.74, 6) is 0.882. The molecular weight excluding hydrogens is 267 g/mol. The molecule has 0 amide bonds. The Morgan fingerprint density at radius 3 is 2.73 bits per heavy atom. The molecule has 1 aromatic carbocycles. The normalized spacial score (nSPS) is 10.5. The number of halogens is 2. The molecule has 0 aliphatic carbocycles. The zero-order valence-electron chi connectivity index (χ0n) is 7.74. The molecule has 0 saturated carbocycles. The SMILES string of the molecule is Clc1ccc(CSc2ccsc2)c(Cl)c1. The van der Waals surface area contributed by atoms with E-state index in [1.165, 1.54) is 4.90 Å². The Balaban J connectivity index is 2.05. The third kappa shape index (κ3) is 3.15. The summed E-state index contributed by atoms with van der Waals surface area (Å²) in [4.78, 5) is 1.28. The summed E-state index contributed by atoms with van der Waals surface area (Å²) in [6.45, 7) is 0. The van der Waals surface area contributed by atoms with Crippen molar-refractivity contribution in [1.82, 2.24) is 0 Å². The third-order valence-corrected chi connectivity index (χ3v) is 4.37. The fourth-order valence-electron chi connectivity index (χ4n) is 1.13. The summed E-state index contributed by atoms with van der Waals surface area (Å²) in [6, 6.07) is 7.74. The van der Waals surface area contributed by atoms with Crippen LogP contribution in [0.1, 0.15) is 5.56 Å². The van der Waals surface area contributed by atoms with Crippen molar-refractivity contribution in [3.05, 3.63) is 50.6 Å². The number of rotatable bonds is 3. The van der Waals surface area contributed by atoms with Crippen LogP contribution in [0.2, 0.25) is 10.0 Å². The van der Waals surface area contributed by atoms with Gasteiger partial charge in [0.1, 0.15) is 0 Å². The van der Waals surface area contributed by atoms with Crippen LogP contribution in [0.4, 0.5) is 0 Å². The van der Waals surface area contributed by atoms with E-state index in [1.54, 1.807) is 29.2 Å². The van der Waals surface area contributed by atoms with E-state index in [4.69, 9.17) is 23.2 Å². The number of thiophene rings is 1. The lowest BCUT2D eigenvalue weighted by molar-refractivity contribution is 1.40. The number of benzene rings is 1. The quantitative estimate of drug-likeness (QED) is 0.681. The molecule has 0 radical (unpaired) electrons. The van der Waals surface area contributed by atoms with Crippen molar-refractivity contribution in [1.29, 1.82) is 0 Å². The smallest absolute Gasteiger partial charge is 0.0461 e. The first kappa shape index (κ1) is 11.3. The molecule has 15 heavy (non-hydrogen) atoms. The third-order valence-electron chi connectivity index (χ3n) is 1.90. The van der Waals surface area contributed by atoms with Gasteiger partial charge in [-0.05, 0) is 29.1 Å². The van der Waals surface area contributed by atoms with Gasteiger partial charge in [-0.1, -0.05) is 29.3 Å². The van der Waals surface area contributed by atoms with Gasteiger partial charge in [-0.3, -0.25) is 0 Å². The molecule has 0 aliphatic rings. The molecule has 0 unspecified atom stereocenters. The predicted octanol–water partition coefficient (Wildman–Crippen LogP) is 5.35. The molecule has 0 bridgehead atoms. The van der Waals surface area contributed by atoms with Gasteiger partial charge in [0, 0.05) is 26.1 Å². The molecule has 0 atom stereocenters. The molecule has 0 spiro atoms. The lowest BCUT2D eigenvalue weighted by Gasteiger charge is -2.03. The van der Waals surface area contributed by atoms with Gasteiger partial charge in [0.05, 0.1) is 0 Å². The minimum absolute atomic E-state index is 0.685. The predicted molar refractivity (Wildman–Crippen MR) is 70.3 cm³/mol. The first-order valence-electron chi connectivity index (χ1n) is 4.34. The van der Waals surface area contributed by atoms with Crippen LogP contribution in [0.3, 0.4) is 0 Å². The van der Waals surface area contributed by atoms with E-state index in [2.05, 4.69) is 16.8 Å². The molecule has 4 heteroatoms. The van der Waals surface area contributed by atoms with Crippen LogP contribution in [0.15, 0.2) is 39.9 Å². The Morgan fingerprint density at radius 2 is 2.07 bits per heavy atom. The standard InChI is InChI=1S/C11H8Cl2S2/c12-9-2-1-8(11(13)5-9)6-15-10-3-4-14-7-10/h1-5,7H,6H2. The average molecular weight is 275 g/mol. The van der Waals surface area contributed by atoms with Crippen molar-refractivity contribution in [2.45, 2.75) is 10.6 Å². The van der Waals surface area contributed by atoms with Gasteiger partial charge in [0.25, 0.3) is 0 Å². The van der Waals surface area contributed by atoms with E-state index in [-0.39, 0.29) is 0 Å². The first-order valence-corrected chi connectivity index (χ1v) is 7.03. The molecule has 2 rings (SSSR count). The van der Waals surface area contributed by atoms with E-state index in [0.717, 1.165) is 16.3 Å². The molecular formula is C11H8Cl2S2. The monoisotopic (exact) mass is 274 g/mol. The Hall–Kier alpha value is -0.150. The van der Waals surface area contributed by atoms with Gasteiger partial charge >= 0.3 is 0 Å². The van der Waals surface area contributed by atoms with Crippen LogP contribution in [-0.2, 0) is 5.75 Å². The Morgan fingerprint density at radius 1 is 1.20 bits per heavy atom. The van der Waals surface area contributed by atoms with Crippen molar-refractivity contribution in [2.24, 2.45) is 0 Å². The fraction of sp³-hybridized carbons (Fsp3) is 0.0909. The molecule has 1 heterocycles. The minimum atomic E-state index is 0.685. The molecule has 2 aromatic rings. The lowest BCUT2D eigenvalue weighted by Crippen LogP contribution is -1.81.